The lowest BCUT2D eigenvalue weighted by Crippen LogP contribution is -2.25. The Labute approximate surface area is 169 Å². The minimum absolute atomic E-state index is 0.0543. The van der Waals surface area contributed by atoms with Crippen LogP contribution in [0.5, 0.6) is 5.75 Å². The Balaban J connectivity index is 1.53. The molecule has 1 aliphatic rings. The van der Waals surface area contributed by atoms with Gasteiger partial charge in [-0.1, -0.05) is 50.7 Å². The van der Waals surface area contributed by atoms with Crippen LogP contribution < -0.4 is 4.74 Å². The maximum atomic E-state index is 12.4. The maximum Gasteiger partial charge on any atom is 0.314 e. The van der Waals surface area contributed by atoms with Crippen molar-refractivity contribution < 1.29 is 9.53 Å². The Hall–Kier alpha value is -2.53. The van der Waals surface area contributed by atoms with Crippen LogP contribution >= 0.6 is 0 Å². The number of rotatable bonds is 5. The van der Waals surface area contributed by atoms with Crippen LogP contribution in [0.25, 0.3) is 0 Å². The van der Waals surface area contributed by atoms with Crippen molar-refractivity contribution in [3.05, 3.63) is 65.2 Å². The van der Waals surface area contributed by atoms with Gasteiger partial charge in [-0.3, -0.25) is 4.79 Å². The van der Waals surface area contributed by atoms with Gasteiger partial charge in [0.25, 0.3) is 0 Å². The summed E-state index contributed by atoms with van der Waals surface area (Å²) >= 11 is 0. The third-order valence-electron chi connectivity index (χ3n) is 5.66. The Morgan fingerprint density at radius 1 is 0.893 bits per heavy atom. The van der Waals surface area contributed by atoms with Gasteiger partial charge in [0, 0.05) is 11.1 Å². The maximum absolute atomic E-state index is 12.4. The van der Waals surface area contributed by atoms with Crippen LogP contribution in [0.4, 0.5) is 0 Å². The van der Waals surface area contributed by atoms with E-state index in [1.54, 1.807) is 0 Å². The molecule has 28 heavy (non-hydrogen) atoms. The van der Waals surface area contributed by atoms with E-state index in [1.165, 1.54) is 18.4 Å². The second-order valence-corrected chi connectivity index (χ2v) is 7.75. The molecule has 0 heterocycles. The average molecular weight is 375 g/mol. The number of hydrogen-bond donors (Lipinski definition) is 0. The molecule has 1 saturated carbocycles. The summed E-state index contributed by atoms with van der Waals surface area (Å²) in [6, 6.07) is 15.8. The summed E-state index contributed by atoms with van der Waals surface area (Å²) in [7, 11) is 0. The smallest absolute Gasteiger partial charge is 0.314 e. The molecule has 0 bridgehead atoms. The van der Waals surface area contributed by atoms with Gasteiger partial charge in [0.1, 0.15) is 5.75 Å². The molecule has 0 unspecified atom stereocenters. The molecule has 2 aromatic carbocycles. The van der Waals surface area contributed by atoms with Crippen molar-refractivity contribution in [3.63, 3.8) is 0 Å². The summed E-state index contributed by atoms with van der Waals surface area (Å²) in [6.45, 7) is 4.38. The van der Waals surface area contributed by atoms with Gasteiger partial charge in [-0.15, -0.1) is 0 Å². The molecule has 0 N–H and O–H groups in total. The van der Waals surface area contributed by atoms with Gasteiger partial charge in [0.15, 0.2) is 0 Å². The van der Waals surface area contributed by atoms with E-state index in [4.69, 9.17) is 4.74 Å². The summed E-state index contributed by atoms with van der Waals surface area (Å²) in [5.74, 6) is 7.73. The van der Waals surface area contributed by atoms with E-state index in [2.05, 4.69) is 50.0 Å². The van der Waals surface area contributed by atoms with E-state index in [0.29, 0.717) is 5.75 Å². The first kappa shape index (κ1) is 20.2. The molecule has 0 saturated heterocycles. The highest BCUT2D eigenvalue weighted by atomic mass is 16.5. The second kappa shape index (κ2) is 10.1. The second-order valence-electron chi connectivity index (χ2n) is 7.75. The van der Waals surface area contributed by atoms with Gasteiger partial charge >= 0.3 is 5.97 Å². The minimum Gasteiger partial charge on any atom is -0.426 e. The molecule has 1 aliphatic carbocycles. The molecule has 0 atom stereocenters. The lowest BCUT2D eigenvalue weighted by molar-refractivity contribution is -0.140. The molecule has 0 spiro atoms. The fraction of sp³-hybridized carbons (Fsp3) is 0.423. The molecule has 0 radical (unpaired) electrons. The predicted octanol–water partition coefficient (Wildman–Crippen LogP) is 6.16. The van der Waals surface area contributed by atoms with Gasteiger partial charge < -0.3 is 4.74 Å². The third-order valence-corrected chi connectivity index (χ3v) is 5.66. The van der Waals surface area contributed by atoms with E-state index in [-0.39, 0.29) is 11.9 Å². The zero-order valence-electron chi connectivity index (χ0n) is 17.0. The van der Waals surface area contributed by atoms with Crippen LogP contribution in [0.1, 0.15) is 69.1 Å². The molecule has 0 amide bonds. The van der Waals surface area contributed by atoms with E-state index in [0.717, 1.165) is 49.1 Å². The molecule has 3 rings (SSSR count). The number of carbonyl (C=O) groups excluding carboxylic acids is 1. The summed E-state index contributed by atoms with van der Waals surface area (Å²) in [5, 5.41) is 0. The van der Waals surface area contributed by atoms with Crippen molar-refractivity contribution in [2.75, 3.05) is 0 Å². The van der Waals surface area contributed by atoms with E-state index in [9.17, 15) is 4.79 Å². The van der Waals surface area contributed by atoms with E-state index < -0.39 is 0 Å². The van der Waals surface area contributed by atoms with Crippen molar-refractivity contribution in [1.82, 2.24) is 0 Å². The van der Waals surface area contributed by atoms with Gasteiger partial charge in [0.05, 0.1) is 5.92 Å². The van der Waals surface area contributed by atoms with Crippen LogP contribution in [-0.2, 0) is 11.2 Å². The van der Waals surface area contributed by atoms with Gasteiger partial charge in [0.2, 0.25) is 0 Å². The minimum atomic E-state index is -0.0789. The third kappa shape index (κ3) is 5.73. The fourth-order valence-corrected chi connectivity index (χ4v) is 3.87. The summed E-state index contributed by atoms with van der Waals surface area (Å²) in [4.78, 5) is 12.4. The SMILES string of the molecule is CCCC1CCC(C(=O)Oc2ccc(C#Cc3ccc(CC)cc3)cc2)CC1. The first-order chi connectivity index (χ1) is 13.7. The topological polar surface area (TPSA) is 26.3 Å². The number of hydrogen-bond acceptors (Lipinski definition) is 2. The van der Waals surface area contributed by atoms with Gasteiger partial charge in [-0.05, 0) is 80.0 Å². The van der Waals surface area contributed by atoms with E-state index in [1.807, 2.05) is 24.3 Å². The van der Waals surface area contributed by atoms with Crippen LogP contribution in [0.3, 0.4) is 0 Å². The molecular weight excluding hydrogens is 344 g/mol. The van der Waals surface area contributed by atoms with Crippen LogP contribution in [0, 0.1) is 23.7 Å². The van der Waals surface area contributed by atoms with Crippen LogP contribution in [0.2, 0.25) is 0 Å². The molecular formula is C26H30O2. The molecule has 2 heteroatoms. The van der Waals surface area contributed by atoms with Crippen molar-refractivity contribution in [3.8, 4) is 17.6 Å². The Bertz CT molecular complexity index is 813. The highest BCUT2D eigenvalue weighted by Crippen LogP contribution is 2.32. The monoisotopic (exact) mass is 374 g/mol. The van der Waals surface area contributed by atoms with Gasteiger partial charge in [-0.25, -0.2) is 0 Å². The van der Waals surface area contributed by atoms with Crippen molar-refractivity contribution >= 4 is 5.97 Å². The van der Waals surface area contributed by atoms with E-state index >= 15 is 0 Å². The molecule has 2 nitrogen and oxygen atoms in total. The summed E-state index contributed by atoms with van der Waals surface area (Å²) in [6.07, 6.45) is 7.79. The summed E-state index contributed by atoms with van der Waals surface area (Å²) < 4.78 is 5.61. The highest BCUT2D eigenvalue weighted by Gasteiger charge is 2.27. The van der Waals surface area contributed by atoms with Crippen molar-refractivity contribution in [1.29, 1.82) is 0 Å². The molecule has 1 fully saturated rings. The Morgan fingerprint density at radius 3 is 2.00 bits per heavy atom. The van der Waals surface area contributed by atoms with Crippen LogP contribution in [0.15, 0.2) is 48.5 Å². The largest absolute Gasteiger partial charge is 0.426 e. The van der Waals surface area contributed by atoms with Crippen molar-refractivity contribution in [2.24, 2.45) is 11.8 Å². The number of benzene rings is 2. The quantitative estimate of drug-likeness (QED) is 0.356. The lowest BCUT2D eigenvalue weighted by atomic mass is 9.80. The summed E-state index contributed by atoms with van der Waals surface area (Å²) in [5.41, 5.74) is 3.24. The van der Waals surface area contributed by atoms with Crippen LogP contribution in [-0.4, -0.2) is 5.97 Å². The number of ether oxygens (including phenoxy) is 1. The first-order valence-corrected chi connectivity index (χ1v) is 10.6. The number of aryl methyl sites for hydroxylation is 1. The number of carbonyl (C=O) groups is 1. The standard InChI is InChI=1S/C26H30O2/c1-3-5-21-12-16-24(17-13-21)26(27)28-25-18-14-23(15-19-25)11-10-22-8-6-20(4-2)7-9-22/h6-9,14-15,18-19,21,24H,3-5,12-13,16-17H2,1-2H3. The molecule has 146 valence electrons. The highest BCUT2D eigenvalue weighted by molar-refractivity contribution is 5.75. The zero-order chi connectivity index (χ0) is 19.8. The normalized spacial score (nSPS) is 18.8. The Morgan fingerprint density at radius 2 is 1.46 bits per heavy atom. The molecule has 0 aliphatic heterocycles. The average Bonchev–Trinajstić information content (AvgIpc) is 2.74. The predicted molar refractivity (Wildman–Crippen MR) is 114 cm³/mol. The fourth-order valence-electron chi connectivity index (χ4n) is 3.87. The zero-order valence-corrected chi connectivity index (χ0v) is 17.0. The molecule has 2 aromatic rings. The molecule has 0 aromatic heterocycles. The lowest BCUT2D eigenvalue weighted by Gasteiger charge is -2.26. The van der Waals surface area contributed by atoms with Crippen molar-refractivity contribution in [2.45, 2.75) is 58.8 Å². The van der Waals surface area contributed by atoms with Gasteiger partial charge in [-0.2, -0.15) is 0 Å². The first-order valence-electron chi connectivity index (χ1n) is 10.6. The Kier molecular flexibility index (Phi) is 7.31. The number of esters is 1.